The summed E-state index contributed by atoms with van der Waals surface area (Å²) < 4.78 is 7.21. The molecule has 1 aromatic heterocycles. The lowest BCUT2D eigenvalue weighted by Gasteiger charge is -2.13. The first-order valence-electron chi connectivity index (χ1n) is 7.47. The van der Waals surface area contributed by atoms with Crippen molar-refractivity contribution in [3.05, 3.63) is 66.2 Å². The molecule has 0 unspecified atom stereocenters. The molecule has 118 valence electrons. The summed E-state index contributed by atoms with van der Waals surface area (Å²) in [7, 11) is 5.73. The molecule has 0 bridgehead atoms. The average molecular weight is 308 g/mol. The Kier molecular flexibility index (Phi) is 4.28. The summed E-state index contributed by atoms with van der Waals surface area (Å²) in [6.07, 6.45) is 2.48. The topological polar surface area (TPSA) is 43.2 Å². The van der Waals surface area contributed by atoms with E-state index in [-0.39, 0.29) is 0 Å². The summed E-state index contributed by atoms with van der Waals surface area (Å²) in [5, 5.41) is 8.32. The first-order chi connectivity index (χ1) is 11.2. The summed E-state index contributed by atoms with van der Waals surface area (Å²) in [6, 6.07) is 16.4. The van der Waals surface area contributed by atoms with Crippen LogP contribution in [-0.2, 0) is 6.42 Å². The van der Waals surface area contributed by atoms with Crippen molar-refractivity contribution in [3.63, 3.8) is 0 Å². The molecule has 5 nitrogen and oxygen atoms in total. The molecule has 0 N–H and O–H groups in total. The van der Waals surface area contributed by atoms with Crippen molar-refractivity contribution < 1.29 is 4.74 Å². The van der Waals surface area contributed by atoms with E-state index in [0.717, 1.165) is 23.7 Å². The van der Waals surface area contributed by atoms with Crippen LogP contribution in [0.2, 0.25) is 0 Å². The number of nitrogens with zero attached hydrogens (tertiary/aromatic N) is 4. The molecule has 0 fully saturated rings. The zero-order valence-electron chi connectivity index (χ0n) is 13.6. The smallest absolute Gasteiger partial charge is 0.141 e. The van der Waals surface area contributed by atoms with Gasteiger partial charge in [0.05, 0.1) is 7.11 Å². The molecule has 3 rings (SSSR count). The fourth-order valence-corrected chi connectivity index (χ4v) is 2.43. The molecule has 0 aliphatic rings. The number of methoxy groups -OCH3 is 1. The third-order valence-corrected chi connectivity index (χ3v) is 3.78. The summed E-state index contributed by atoms with van der Waals surface area (Å²) in [4.78, 5) is 2.08. The van der Waals surface area contributed by atoms with Gasteiger partial charge in [0, 0.05) is 31.9 Å². The number of rotatable bonds is 5. The molecule has 0 saturated heterocycles. The molecule has 3 aromatic rings. The van der Waals surface area contributed by atoms with Crippen LogP contribution in [0.4, 0.5) is 5.69 Å². The first-order valence-corrected chi connectivity index (χ1v) is 7.47. The lowest BCUT2D eigenvalue weighted by atomic mass is 10.1. The molecule has 0 spiro atoms. The van der Waals surface area contributed by atoms with Crippen molar-refractivity contribution >= 4 is 5.69 Å². The molecular formula is C18H20N4O. The van der Waals surface area contributed by atoms with Crippen LogP contribution in [0.25, 0.3) is 5.69 Å². The minimum atomic E-state index is 0.722. The predicted molar refractivity (Wildman–Crippen MR) is 91.5 cm³/mol. The van der Waals surface area contributed by atoms with Crippen molar-refractivity contribution in [1.29, 1.82) is 0 Å². The second kappa shape index (κ2) is 6.52. The second-order valence-corrected chi connectivity index (χ2v) is 5.55. The van der Waals surface area contributed by atoms with Crippen LogP contribution in [0.1, 0.15) is 11.4 Å². The highest BCUT2D eigenvalue weighted by molar-refractivity contribution is 5.50. The van der Waals surface area contributed by atoms with E-state index >= 15 is 0 Å². The number of benzene rings is 2. The van der Waals surface area contributed by atoms with Gasteiger partial charge >= 0.3 is 0 Å². The van der Waals surface area contributed by atoms with E-state index < -0.39 is 0 Å². The van der Waals surface area contributed by atoms with Crippen molar-refractivity contribution in [2.24, 2.45) is 0 Å². The van der Waals surface area contributed by atoms with Gasteiger partial charge in [0.25, 0.3) is 0 Å². The summed E-state index contributed by atoms with van der Waals surface area (Å²) in [5.74, 6) is 1.77. The summed E-state index contributed by atoms with van der Waals surface area (Å²) in [5.41, 5.74) is 3.40. The van der Waals surface area contributed by atoms with Crippen molar-refractivity contribution in [3.8, 4) is 11.4 Å². The lowest BCUT2D eigenvalue weighted by Crippen LogP contribution is -2.08. The standard InChI is InChI=1S/C18H20N4O/c1-21(2)15-6-8-16(9-7-15)22-13-19-20-18(22)12-14-4-10-17(23-3)11-5-14/h4-11,13H,12H2,1-3H3. The van der Waals surface area contributed by atoms with E-state index in [1.165, 1.54) is 11.3 Å². The van der Waals surface area contributed by atoms with E-state index in [9.17, 15) is 0 Å². The Morgan fingerprint density at radius 2 is 1.70 bits per heavy atom. The average Bonchev–Trinajstić information content (AvgIpc) is 3.04. The quantitative estimate of drug-likeness (QED) is 0.727. The molecule has 0 amide bonds. The van der Waals surface area contributed by atoms with E-state index in [4.69, 9.17) is 4.74 Å². The van der Waals surface area contributed by atoms with Crippen LogP contribution >= 0.6 is 0 Å². The van der Waals surface area contributed by atoms with Gasteiger partial charge in [-0.2, -0.15) is 0 Å². The highest BCUT2D eigenvalue weighted by atomic mass is 16.5. The molecule has 0 atom stereocenters. The van der Waals surface area contributed by atoms with Crippen LogP contribution in [0.3, 0.4) is 0 Å². The molecule has 2 aromatic carbocycles. The molecule has 5 heteroatoms. The normalized spacial score (nSPS) is 10.6. The number of anilines is 1. The predicted octanol–water partition coefficient (Wildman–Crippen LogP) is 2.93. The van der Waals surface area contributed by atoms with Crippen molar-refractivity contribution in [2.45, 2.75) is 6.42 Å². The Balaban J connectivity index is 1.83. The maximum absolute atomic E-state index is 5.19. The van der Waals surface area contributed by atoms with Gasteiger partial charge in [0.15, 0.2) is 0 Å². The highest BCUT2D eigenvalue weighted by Crippen LogP contribution is 2.18. The van der Waals surface area contributed by atoms with Crippen LogP contribution in [0.5, 0.6) is 5.75 Å². The Morgan fingerprint density at radius 1 is 1.00 bits per heavy atom. The van der Waals surface area contributed by atoms with Gasteiger partial charge in [-0.3, -0.25) is 4.57 Å². The third kappa shape index (κ3) is 3.34. The van der Waals surface area contributed by atoms with E-state index in [2.05, 4.69) is 39.4 Å². The van der Waals surface area contributed by atoms with E-state index in [0.29, 0.717) is 0 Å². The maximum Gasteiger partial charge on any atom is 0.141 e. The Bertz CT molecular complexity index is 760. The second-order valence-electron chi connectivity index (χ2n) is 5.55. The Hall–Kier alpha value is -2.82. The molecular weight excluding hydrogens is 288 g/mol. The van der Waals surface area contributed by atoms with Gasteiger partial charge < -0.3 is 9.64 Å². The van der Waals surface area contributed by atoms with E-state index in [1.54, 1.807) is 13.4 Å². The zero-order valence-corrected chi connectivity index (χ0v) is 13.6. The summed E-state index contributed by atoms with van der Waals surface area (Å²) in [6.45, 7) is 0. The van der Waals surface area contributed by atoms with Gasteiger partial charge in [-0.15, -0.1) is 10.2 Å². The van der Waals surface area contributed by atoms with Crippen LogP contribution in [-0.4, -0.2) is 36.0 Å². The third-order valence-electron chi connectivity index (χ3n) is 3.78. The van der Waals surface area contributed by atoms with Crippen LogP contribution in [0, 0.1) is 0 Å². The van der Waals surface area contributed by atoms with Gasteiger partial charge in [-0.1, -0.05) is 12.1 Å². The molecule has 0 radical (unpaired) electrons. The SMILES string of the molecule is COc1ccc(Cc2nncn2-c2ccc(N(C)C)cc2)cc1. The van der Waals surface area contributed by atoms with Gasteiger partial charge in [0.1, 0.15) is 17.9 Å². The number of ether oxygens (including phenoxy) is 1. The minimum absolute atomic E-state index is 0.722. The number of hydrogen-bond donors (Lipinski definition) is 0. The molecule has 0 aliphatic carbocycles. The van der Waals surface area contributed by atoms with Gasteiger partial charge in [-0.05, 0) is 42.0 Å². The number of hydrogen-bond acceptors (Lipinski definition) is 4. The van der Waals surface area contributed by atoms with Gasteiger partial charge in [-0.25, -0.2) is 0 Å². The van der Waals surface area contributed by atoms with Crippen LogP contribution < -0.4 is 9.64 Å². The molecule has 0 saturated carbocycles. The Morgan fingerprint density at radius 3 is 2.30 bits per heavy atom. The monoisotopic (exact) mass is 308 g/mol. The number of aromatic nitrogens is 3. The highest BCUT2D eigenvalue weighted by Gasteiger charge is 2.08. The fraction of sp³-hybridized carbons (Fsp3) is 0.222. The van der Waals surface area contributed by atoms with Gasteiger partial charge in [0.2, 0.25) is 0 Å². The maximum atomic E-state index is 5.19. The van der Waals surface area contributed by atoms with Crippen LogP contribution in [0.15, 0.2) is 54.9 Å². The molecule has 0 aliphatic heterocycles. The Labute approximate surface area is 136 Å². The lowest BCUT2D eigenvalue weighted by molar-refractivity contribution is 0.414. The first kappa shape index (κ1) is 15.1. The molecule has 1 heterocycles. The summed E-state index contributed by atoms with van der Waals surface area (Å²) >= 11 is 0. The van der Waals surface area contributed by atoms with Crippen molar-refractivity contribution in [1.82, 2.24) is 14.8 Å². The molecule has 23 heavy (non-hydrogen) atoms. The van der Waals surface area contributed by atoms with Crippen molar-refractivity contribution in [2.75, 3.05) is 26.1 Å². The zero-order chi connectivity index (χ0) is 16.2. The minimum Gasteiger partial charge on any atom is -0.497 e. The van der Waals surface area contributed by atoms with E-state index in [1.807, 2.05) is 42.9 Å². The fourth-order valence-electron chi connectivity index (χ4n) is 2.43. The largest absolute Gasteiger partial charge is 0.497 e.